The number of para-hydroxylation sites is 1. The van der Waals surface area contributed by atoms with Crippen LogP contribution in [0.15, 0.2) is 49.1 Å². The molecule has 3 rings (SSSR count). The number of nitrogens with one attached hydrogen (secondary N) is 1. The van der Waals surface area contributed by atoms with Crippen LogP contribution in [0.3, 0.4) is 0 Å². The van der Waals surface area contributed by atoms with Crippen molar-refractivity contribution in [3.63, 3.8) is 0 Å². The number of fused-ring (bicyclic) bond motifs is 1. The molecule has 23 heavy (non-hydrogen) atoms. The molecule has 1 aromatic carbocycles. The van der Waals surface area contributed by atoms with Gasteiger partial charge in [0.2, 0.25) is 0 Å². The largest absolute Gasteiger partial charge is 0.496 e. The maximum Gasteiger partial charge on any atom is 0.137 e. The Balaban J connectivity index is 1.82. The number of pyridine rings is 1. The van der Waals surface area contributed by atoms with E-state index in [1.54, 1.807) is 26.6 Å². The van der Waals surface area contributed by atoms with Gasteiger partial charge in [-0.3, -0.25) is 4.98 Å². The summed E-state index contributed by atoms with van der Waals surface area (Å²) in [5.74, 6) is 1.56. The lowest BCUT2D eigenvalue weighted by atomic mass is 10.1. The van der Waals surface area contributed by atoms with Gasteiger partial charge in [0.25, 0.3) is 0 Å². The van der Waals surface area contributed by atoms with E-state index in [0.29, 0.717) is 6.54 Å². The summed E-state index contributed by atoms with van der Waals surface area (Å²) in [5, 5.41) is 4.26. The Hall–Kier alpha value is -2.73. The Morgan fingerprint density at radius 3 is 2.83 bits per heavy atom. The SMILES string of the molecule is COc1ccccc1C(CNc1ncnc2cnccc12)OC. The summed E-state index contributed by atoms with van der Waals surface area (Å²) in [5.41, 5.74) is 1.79. The first-order valence-corrected chi connectivity index (χ1v) is 7.27. The average Bonchev–Trinajstić information content (AvgIpc) is 2.62. The molecular weight excluding hydrogens is 292 g/mol. The van der Waals surface area contributed by atoms with Crippen LogP contribution in [0.2, 0.25) is 0 Å². The van der Waals surface area contributed by atoms with Crippen molar-refractivity contribution in [3.05, 3.63) is 54.6 Å². The van der Waals surface area contributed by atoms with Gasteiger partial charge in [-0.2, -0.15) is 0 Å². The van der Waals surface area contributed by atoms with Gasteiger partial charge in [0, 0.05) is 30.8 Å². The molecule has 3 aromatic rings. The first-order chi connectivity index (χ1) is 11.3. The number of hydrogen-bond donors (Lipinski definition) is 1. The van der Waals surface area contributed by atoms with Crippen LogP contribution in [0, 0.1) is 0 Å². The van der Waals surface area contributed by atoms with E-state index in [9.17, 15) is 0 Å². The second kappa shape index (κ2) is 7.02. The third kappa shape index (κ3) is 3.22. The quantitative estimate of drug-likeness (QED) is 0.755. The molecule has 118 valence electrons. The number of rotatable bonds is 6. The van der Waals surface area contributed by atoms with Crippen LogP contribution >= 0.6 is 0 Å². The summed E-state index contributed by atoms with van der Waals surface area (Å²) in [6.45, 7) is 0.561. The van der Waals surface area contributed by atoms with Crippen LogP contribution in [-0.2, 0) is 4.74 Å². The standard InChI is InChI=1S/C17H18N4O2/c1-22-15-6-4-3-5-13(15)16(23-2)10-19-17-12-7-8-18-9-14(12)20-11-21-17/h3-9,11,16H,10H2,1-2H3,(H,19,20,21). The number of methoxy groups -OCH3 is 2. The minimum atomic E-state index is -0.155. The molecule has 2 heterocycles. The van der Waals surface area contributed by atoms with Crippen molar-refractivity contribution in [2.75, 3.05) is 26.1 Å². The molecule has 2 aromatic heterocycles. The molecule has 0 aliphatic heterocycles. The zero-order valence-corrected chi connectivity index (χ0v) is 13.1. The number of nitrogens with zero attached hydrogens (tertiary/aromatic N) is 3. The molecule has 0 saturated carbocycles. The predicted octanol–water partition coefficient (Wildman–Crippen LogP) is 2.83. The van der Waals surface area contributed by atoms with Gasteiger partial charge < -0.3 is 14.8 Å². The van der Waals surface area contributed by atoms with Gasteiger partial charge >= 0.3 is 0 Å². The highest BCUT2D eigenvalue weighted by Crippen LogP contribution is 2.27. The van der Waals surface area contributed by atoms with Crippen LogP contribution in [0.4, 0.5) is 5.82 Å². The van der Waals surface area contributed by atoms with E-state index in [1.807, 2.05) is 30.3 Å². The molecule has 1 unspecified atom stereocenters. The molecule has 0 aliphatic rings. The van der Waals surface area contributed by atoms with Gasteiger partial charge in [-0.25, -0.2) is 9.97 Å². The fourth-order valence-electron chi connectivity index (χ4n) is 2.49. The molecule has 0 fully saturated rings. The smallest absolute Gasteiger partial charge is 0.137 e. The van der Waals surface area contributed by atoms with Crippen molar-refractivity contribution >= 4 is 16.7 Å². The first kappa shape index (κ1) is 15.2. The fraction of sp³-hybridized carbons (Fsp3) is 0.235. The average molecular weight is 310 g/mol. The normalized spacial score (nSPS) is 12.1. The molecule has 6 nitrogen and oxygen atoms in total. The highest BCUT2D eigenvalue weighted by atomic mass is 16.5. The van der Waals surface area contributed by atoms with Crippen LogP contribution in [0.25, 0.3) is 10.9 Å². The molecular formula is C17H18N4O2. The van der Waals surface area contributed by atoms with Gasteiger partial charge in [0.05, 0.1) is 18.8 Å². The van der Waals surface area contributed by atoms with Crippen molar-refractivity contribution in [2.45, 2.75) is 6.10 Å². The monoisotopic (exact) mass is 310 g/mol. The summed E-state index contributed by atoms with van der Waals surface area (Å²) >= 11 is 0. The maximum atomic E-state index is 5.61. The van der Waals surface area contributed by atoms with Gasteiger partial charge in [-0.05, 0) is 12.1 Å². The minimum Gasteiger partial charge on any atom is -0.496 e. The van der Waals surface area contributed by atoms with Crippen molar-refractivity contribution in [1.82, 2.24) is 15.0 Å². The third-order valence-electron chi connectivity index (χ3n) is 3.66. The Labute approximate surface area is 134 Å². The van der Waals surface area contributed by atoms with E-state index in [4.69, 9.17) is 9.47 Å². The highest BCUT2D eigenvalue weighted by Gasteiger charge is 2.15. The molecule has 0 spiro atoms. The van der Waals surface area contributed by atoms with E-state index < -0.39 is 0 Å². The van der Waals surface area contributed by atoms with E-state index >= 15 is 0 Å². The van der Waals surface area contributed by atoms with Crippen molar-refractivity contribution in [1.29, 1.82) is 0 Å². The molecule has 6 heteroatoms. The second-order valence-electron chi connectivity index (χ2n) is 4.96. The summed E-state index contributed by atoms with van der Waals surface area (Å²) in [7, 11) is 3.34. The Morgan fingerprint density at radius 1 is 1.13 bits per heavy atom. The lowest BCUT2D eigenvalue weighted by Gasteiger charge is -2.19. The van der Waals surface area contributed by atoms with Gasteiger partial charge in [-0.15, -0.1) is 0 Å². The zero-order valence-electron chi connectivity index (χ0n) is 13.1. The van der Waals surface area contributed by atoms with Gasteiger partial charge in [-0.1, -0.05) is 18.2 Å². The van der Waals surface area contributed by atoms with Crippen LogP contribution in [0.5, 0.6) is 5.75 Å². The number of benzene rings is 1. The van der Waals surface area contributed by atoms with Gasteiger partial charge in [0.1, 0.15) is 24.0 Å². The van der Waals surface area contributed by atoms with E-state index in [-0.39, 0.29) is 6.10 Å². The number of hydrogen-bond acceptors (Lipinski definition) is 6. The molecule has 0 saturated heterocycles. The molecule has 0 radical (unpaired) electrons. The molecule has 1 N–H and O–H groups in total. The second-order valence-corrected chi connectivity index (χ2v) is 4.96. The molecule has 0 aliphatic carbocycles. The van der Waals surface area contributed by atoms with Crippen molar-refractivity contribution in [2.24, 2.45) is 0 Å². The Kier molecular flexibility index (Phi) is 4.63. The first-order valence-electron chi connectivity index (χ1n) is 7.27. The molecule has 1 atom stereocenters. The van der Waals surface area contributed by atoms with Crippen molar-refractivity contribution < 1.29 is 9.47 Å². The highest BCUT2D eigenvalue weighted by molar-refractivity contribution is 5.87. The van der Waals surface area contributed by atoms with Crippen LogP contribution < -0.4 is 10.1 Å². The number of aromatic nitrogens is 3. The molecule has 0 amide bonds. The number of ether oxygens (including phenoxy) is 2. The van der Waals surface area contributed by atoms with E-state index in [2.05, 4.69) is 20.3 Å². The topological polar surface area (TPSA) is 69.2 Å². The zero-order chi connectivity index (χ0) is 16.1. The maximum absolute atomic E-state index is 5.61. The predicted molar refractivity (Wildman–Crippen MR) is 88.6 cm³/mol. The third-order valence-corrected chi connectivity index (χ3v) is 3.66. The minimum absolute atomic E-state index is 0.155. The summed E-state index contributed by atoms with van der Waals surface area (Å²) in [6, 6.07) is 9.72. The lowest BCUT2D eigenvalue weighted by molar-refractivity contribution is 0.111. The van der Waals surface area contributed by atoms with Gasteiger partial charge in [0.15, 0.2) is 0 Å². The Bertz CT molecular complexity index is 789. The lowest BCUT2D eigenvalue weighted by Crippen LogP contribution is -2.16. The summed E-state index contributed by atoms with van der Waals surface area (Å²) < 4.78 is 11.0. The van der Waals surface area contributed by atoms with Crippen molar-refractivity contribution in [3.8, 4) is 5.75 Å². The number of anilines is 1. The molecule has 0 bridgehead atoms. The summed E-state index contributed by atoms with van der Waals surface area (Å²) in [6.07, 6.45) is 4.82. The fourth-order valence-corrected chi connectivity index (χ4v) is 2.49. The van der Waals surface area contributed by atoms with Crippen LogP contribution in [-0.4, -0.2) is 35.7 Å². The Morgan fingerprint density at radius 2 is 2.00 bits per heavy atom. The van der Waals surface area contributed by atoms with E-state index in [1.165, 1.54) is 6.33 Å². The summed E-state index contributed by atoms with van der Waals surface area (Å²) in [4.78, 5) is 12.6. The van der Waals surface area contributed by atoms with E-state index in [0.717, 1.165) is 28.0 Å². The van der Waals surface area contributed by atoms with Crippen LogP contribution in [0.1, 0.15) is 11.7 Å².